The van der Waals surface area contributed by atoms with Gasteiger partial charge in [0, 0.05) is 0 Å². The van der Waals surface area contributed by atoms with E-state index in [1.165, 1.54) is 18.4 Å². The molecular formula is C17H21N3O3S. The third-order valence-corrected chi connectivity index (χ3v) is 4.05. The zero-order valence-corrected chi connectivity index (χ0v) is 15.0. The molecular weight excluding hydrogens is 326 g/mol. The number of aromatic nitrogens is 1. The third kappa shape index (κ3) is 5.06. The minimum absolute atomic E-state index is 0.390. The van der Waals surface area contributed by atoms with Gasteiger partial charge in [0.15, 0.2) is 0 Å². The molecule has 2 rings (SSSR count). The zero-order chi connectivity index (χ0) is 17.5. The van der Waals surface area contributed by atoms with Crippen molar-refractivity contribution in [3.8, 4) is 5.75 Å². The van der Waals surface area contributed by atoms with Crippen molar-refractivity contribution in [1.29, 1.82) is 0 Å². The summed E-state index contributed by atoms with van der Waals surface area (Å²) in [5.41, 5.74) is 4.38. The van der Waals surface area contributed by atoms with Gasteiger partial charge < -0.3 is 9.47 Å². The number of thiazole rings is 1. The first-order valence-electron chi connectivity index (χ1n) is 7.57. The number of benzene rings is 1. The van der Waals surface area contributed by atoms with Crippen LogP contribution in [-0.2, 0) is 4.74 Å². The number of hydrogen-bond donors (Lipinski definition) is 1. The number of esters is 1. The fourth-order valence-electron chi connectivity index (χ4n) is 1.80. The van der Waals surface area contributed by atoms with E-state index in [1.54, 1.807) is 13.1 Å². The SMILES string of the molecule is COC(=O)c1sc(N/N=C/c2ccc(OCC(C)C)cc2)nc1C. The van der Waals surface area contributed by atoms with Gasteiger partial charge in [0.2, 0.25) is 5.13 Å². The first-order chi connectivity index (χ1) is 11.5. The maximum atomic E-state index is 11.5. The van der Waals surface area contributed by atoms with Gasteiger partial charge in [0.05, 0.1) is 25.6 Å². The molecule has 0 spiro atoms. The quantitative estimate of drug-likeness (QED) is 0.469. The van der Waals surface area contributed by atoms with E-state index in [0.717, 1.165) is 11.3 Å². The van der Waals surface area contributed by atoms with Crippen molar-refractivity contribution in [2.24, 2.45) is 11.0 Å². The number of rotatable bonds is 7. The molecule has 6 nitrogen and oxygen atoms in total. The predicted octanol–water partition coefficient (Wildman–Crippen LogP) is 3.72. The van der Waals surface area contributed by atoms with E-state index >= 15 is 0 Å². The first kappa shape index (κ1) is 17.9. The Hall–Kier alpha value is -2.41. The summed E-state index contributed by atoms with van der Waals surface area (Å²) in [6, 6.07) is 7.67. The number of carbonyl (C=O) groups excluding carboxylic acids is 1. The molecule has 1 aromatic carbocycles. The Kier molecular flexibility index (Phi) is 6.31. The molecule has 0 fully saturated rings. The van der Waals surface area contributed by atoms with Crippen molar-refractivity contribution in [3.05, 3.63) is 40.4 Å². The van der Waals surface area contributed by atoms with Gasteiger partial charge in [-0.1, -0.05) is 25.2 Å². The lowest BCUT2D eigenvalue weighted by atomic mass is 10.2. The molecule has 2 aromatic rings. The molecule has 0 aliphatic carbocycles. The van der Waals surface area contributed by atoms with Crippen LogP contribution in [0.1, 0.15) is 34.8 Å². The van der Waals surface area contributed by atoms with Crippen LogP contribution in [0.2, 0.25) is 0 Å². The molecule has 0 saturated carbocycles. The van der Waals surface area contributed by atoms with Gasteiger partial charge in [-0.05, 0) is 42.7 Å². The smallest absolute Gasteiger partial charge is 0.350 e. The number of hydrazone groups is 1. The highest BCUT2D eigenvalue weighted by Gasteiger charge is 2.15. The molecule has 7 heteroatoms. The Morgan fingerprint density at radius 3 is 2.71 bits per heavy atom. The summed E-state index contributed by atoms with van der Waals surface area (Å²) in [6.07, 6.45) is 1.68. The lowest BCUT2D eigenvalue weighted by Gasteiger charge is -2.08. The molecule has 1 heterocycles. The van der Waals surface area contributed by atoms with E-state index < -0.39 is 0 Å². The summed E-state index contributed by atoms with van der Waals surface area (Å²) in [4.78, 5) is 16.3. The number of anilines is 1. The maximum Gasteiger partial charge on any atom is 0.350 e. The summed E-state index contributed by atoms with van der Waals surface area (Å²) in [5, 5.41) is 4.68. The Morgan fingerprint density at radius 2 is 2.08 bits per heavy atom. The van der Waals surface area contributed by atoms with E-state index in [9.17, 15) is 4.79 Å². The molecule has 128 valence electrons. The van der Waals surface area contributed by atoms with Crippen LogP contribution in [0.4, 0.5) is 5.13 Å². The van der Waals surface area contributed by atoms with Crippen LogP contribution in [0, 0.1) is 12.8 Å². The minimum Gasteiger partial charge on any atom is -0.493 e. The number of ether oxygens (including phenoxy) is 2. The Balaban J connectivity index is 1.93. The Morgan fingerprint density at radius 1 is 1.38 bits per heavy atom. The van der Waals surface area contributed by atoms with Crippen molar-refractivity contribution in [3.63, 3.8) is 0 Å². The second-order valence-corrected chi connectivity index (χ2v) is 6.57. The van der Waals surface area contributed by atoms with Crippen LogP contribution >= 0.6 is 11.3 Å². The summed E-state index contributed by atoms with van der Waals surface area (Å²) in [6.45, 7) is 6.67. The monoisotopic (exact) mass is 347 g/mol. The van der Waals surface area contributed by atoms with E-state index in [4.69, 9.17) is 9.47 Å². The highest BCUT2D eigenvalue weighted by Crippen LogP contribution is 2.23. The molecule has 0 radical (unpaired) electrons. The number of nitrogens with one attached hydrogen (secondary N) is 1. The van der Waals surface area contributed by atoms with Gasteiger partial charge in [0.1, 0.15) is 10.6 Å². The van der Waals surface area contributed by atoms with Gasteiger partial charge in [-0.3, -0.25) is 5.43 Å². The molecule has 0 amide bonds. The fraction of sp³-hybridized carbons (Fsp3) is 0.353. The van der Waals surface area contributed by atoms with Crippen molar-refractivity contribution in [2.75, 3.05) is 19.1 Å². The minimum atomic E-state index is -0.390. The average Bonchev–Trinajstić information content (AvgIpc) is 2.94. The number of carbonyl (C=O) groups is 1. The van der Waals surface area contributed by atoms with Crippen molar-refractivity contribution in [1.82, 2.24) is 4.98 Å². The van der Waals surface area contributed by atoms with E-state index in [2.05, 4.69) is 29.4 Å². The van der Waals surface area contributed by atoms with Crippen molar-refractivity contribution >= 4 is 28.7 Å². The summed E-state index contributed by atoms with van der Waals surface area (Å²) in [5.74, 6) is 0.943. The Bertz CT molecular complexity index is 708. The first-order valence-corrected chi connectivity index (χ1v) is 8.39. The molecule has 0 aliphatic heterocycles. The lowest BCUT2D eigenvalue weighted by Crippen LogP contribution is -2.04. The van der Waals surface area contributed by atoms with Crippen LogP contribution in [0.25, 0.3) is 0 Å². The van der Waals surface area contributed by atoms with Crippen LogP contribution in [0.5, 0.6) is 5.75 Å². The molecule has 1 aromatic heterocycles. The number of methoxy groups -OCH3 is 1. The second kappa shape index (κ2) is 8.44. The highest BCUT2D eigenvalue weighted by molar-refractivity contribution is 7.17. The molecule has 0 atom stereocenters. The fourth-order valence-corrected chi connectivity index (χ4v) is 2.64. The van der Waals surface area contributed by atoms with Crippen molar-refractivity contribution in [2.45, 2.75) is 20.8 Å². The van der Waals surface area contributed by atoms with Crippen LogP contribution < -0.4 is 10.2 Å². The van der Waals surface area contributed by atoms with Crippen molar-refractivity contribution < 1.29 is 14.3 Å². The normalized spacial score (nSPS) is 11.0. The van der Waals surface area contributed by atoms with Gasteiger partial charge in [-0.2, -0.15) is 5.10 Å². The van der Waals surface area contributed by atoms with E-state index in [0.29, 0.717) is 28.2 Å². The number of nitrogens with zero attached hydrogens (tertiary/aromatic N) is 2. The molecule has 0 saturated heterocycles. The molecule has 0 bridgehead atoms. The van der Waals surface area contributed by atoms with Gasteiger partial charge in [0.25, 0.3) is 0 Å². The zero-order valence-electron chi connectivity index (χ0n) is 14.2. The van der Waals surface area contributed by atoms with Gasteiger partial charge in [-0.25, -0.2) is 9.78 Å². The molecule has 24 heavy (non-hydrogen) atoms. The average molecular weight is 347 g/mol. The highest BCUT2D eigenvalue weighted by atomic mass is 32.1. The standard InChI is InChI=1S/C17H21N3O3S/c1-11(2)10-23-14-7-5-13(6-8-14)9-18-20-17-19-12(3)15(24-17)16(21)22-4/h5-9,11H,10H2,1-4H3,(H,19,20)/b18-9+. The molecule has 0 unspecified atom stereocenters. The summed E-state index contributed by atoms with van der Waals surface area (Å²) < 4.78 is 10.3. The van der Waals surface area contributed by atoms with E-state index in [-0.39, 0.29) is 5.97 Å². The summed E-state index contributed by atoms with van der Waals surface area (Å²) >= 11 is 1.21. The Labute approximate surface area is 145 Å². The number of hydrogen-bond acceptors (Lipinski definition) is 7. The largest absolute Gasteiger partial charge is 0.493 e. The maximum absolute atomic E-state index is 11.5. The summed E-state index contributed by atoms with van der Waals surface area (Å²) in [7, 11) is 1.35. The topological polar surface area (TPSA) is 72.8 Å². The van der Waals surface area contributed by atoms with Crippen LogP contribution in [-0.4, -0.2) is 30.9 Å². The van der Waals surface area contributed by atoms with Gasteiger partial charge in [-0.15, -0.1) is 0 Å². The molecule has 1 N–H and O–H groups in total. The predicted molar refractivity (Wildman–Crippen MR) is 96.2 cm³/mol. The lowest BCUT2D eigenvalue weighted by molar-refractivity contribution is 0.0605. The number of aryl methyl sites for hydroxylation is 1. The van der Waals surface area contributed by atoms with Gasteiger partial charge >= 0.3 is 5.97 Å². The second-order valence-electron chi connectivity index (χ2n) is 5.57. The van der Waals surface area contributed by atoms with Crippen LogP contribution in [0.15, 0.2) is 29.4 Å². The van der Waals surface area contributed by atoms with Crippen LogP contribution in [0.3, 0.4) is 0 Å². The van der Waals surface area contributed by atoms with E-state index in [1.807, 2.05) is 24.3 Å². The third-order valence-electron chi connectivity index (χ3n) is 3.00. The molecule has 0 aliphatic rings.